The molecule has 0 saturated carbocycles. The number of benzene rings is 2. The molecule has 0 radical (unpaired) electrons. The zero-order chi connectivity index (χ0) is 26.2. The van der Waals surface area contributed by atoms with Gasteiger partial charge in [0.25, 0.3) is 0 Å². The Kier molecular flexibility index (Phi) is 10.6. The smallest absolute Gasteiger partial charge is 0.242 e. The van der Waals surface area contributed by atoms with Crippen molar-refractivity contribution in [1.29, 1.82) is 0 Å². The van der Waals surface area contributed by atoms with Gasteiger partial charge in [0.1, 0.15) is 6.04 Å². The lowest BCUT2D eigenvalue weighted by Crippen LogP contribution is -2.48. The van der Waals surface area contributed by atoms with Crippen LogP contribution in [0.4, 0.5) is 5.69 Å². The molecule has 0 aromatic heterocycles. The third-order valence-corrected chi connectivity index (χ3v) is 7.09. The summed E-state index contributed by atoms with van der Waals surface area (Å²) in [6.45, 7) is 8.50. The fraction of sp³-hybridized carbons (Fsp3) is 0.462. The lowest BCUT2D eigenvalue weighted by atomic mass is 10.1. The van der Waals surface area contributed by atoms with Gasteiger partial charge in [0.2, 0.25) is 21.8 Å². The predicted molar refractivity (Wildman–Crippen MR) is 142 cm³/mol. The molecule has 0 aliphatic carbocycles. The van der Waals surface area contributed by atoms with Crippen molar-refractivity contribution in [1.82, 2.24) is 10.2 Å². The van der Waals surface area contributed by atoms with Gasteiger partial charge < -0.3 is 10.2 Å². The molecule has 0 aliphatic rings. The molecule has 0 saturated heterocycles. The van der Waals surface area contributed by atoms with E-state index in [2.05, 4.69) is 5.32 Å². The zero-order valence-electron chi connectivity index (χ0n) is 21.1. The Morgan fingerprint density at radius 2 is 1.66 bits per heavy atom. The van der Waals surface area contributed by atoms with E-state index in [1.165, 1.54) is 9.21 Å². The van der Waals surface area contributed by atoms with Crippen LogP contribution in [-0.4, -0.2) is 50.5 Å². The quantitative estimate of drug-likeness (QED) is 0.449. The number of hydrogen-bond acceptors (Lipinski definition) is 4. The fourth-order valence-corrected chi connectivity index (χ4v) is 4.80. The van der Waals surface area contributed by atoms with E-state index >= 15 is 0 Å². The highest BCUT2D eigenvalue weighted by Gasteiger charge is 2.27. The highest BCUT2D eigenvalue weighted by atomic mass is 35.5. The summed E-state index contributed by atoms with van der Waals surface area (Å²) in [4.78, 5) is 27.6. The average molecular weight is 522 g/mol. The van der Waals surface area contributed by atoms with Crippen molar-refractivity contribution in [2.24, 2.45) is 5.92 Å². The number of anilines is 1. The number of para-hydroxylation sites is 1. The summed E-state index contributed by atoms with van der Waals surface area (Å²) in [5.74, 6) is -0.154. The number of amides is 2. The second-order valence-corrected chi connectivity index (χ2v) is 11.5. The number of nitrogens with zero attached hydrogens (tertiary/aromatic N) is 2. The summed E-state index contributed by atoms with van der Waals surface area (Å²) < 4.78 is 26.2. The molecule has 1 unspecified atom stereocenters. The van der Waals surface area contributed by atoms with E-state index in [0.29, 0.717) is 23.7 Å². The van der Waals surface area contributed by atoms with Crippen LogP contribution in [-0.2, 0) is 26.2 Å². The summed E-state index contributed by atoms with van der Waals surface area (Å²) in [7, 11) is -3.52. The van der Waals surface area contributed by atoms with Gasteiger partial charge in [0, 0.05) is 31.1 Å². The third kappa shape index (κ3) is 8.85. The first kappa shape index (κ1) is 28.7. The number of halogens is 1. The van der Waals surface area contributed by atoms with Gasteiger partial charge in [-0.15, -0.1) is 0 Å². The molecule has 1 atom stereocenters. The number of sulfonamides is 1. The molecule has 0 bridgehead atoms. The maximum Gasteiger partial charge on any atom is 0.242 e. The summed E-state index contributed by atoms with van der Waals surface area (Å²) in [6, 6.07) is 13.7. The van der Waals surface area contributed by atoms with E-state index in [1.807, 2.05) is 45.0 Å². The summed E-state index contributed by atoms with van der Waals surface area (Å²) in [5.41, 5.74) is 2.29. The number of aryl methyl sites for hydroxylation is 1. The SMILES string of the molecule is Cc1ccccc1N(CCCC(=O)N(Cc1ccc(Cl)cc1)C(C)C(=O)NCC(C)C)S(C)(=O)=O. The molecular weight excluding hydrogens is 486 g/mol. The van der Waals surface area contributed by atoms with Gasteiger partial charge in [0.15, 0.2) is 0 Å². The Morgan fingerprint density at radius 1 is 1.03 bits per heavy atom. The van der Waals surface area contributed by atoms with Crippen LogP contribution in [0.5, 0.6) is 0 Å². The van der Waals surface area contributed by atoms with Crippen molar-refractivity contribution in [2.45, 2.75) is 53.1 Å². The average Bonchev–Trinajstić information content (AvgIpc) is 2.79. The summed E-state index contributed by atoms with van der Waals surface area (Å²) in [6.07, 6.45) is 1.58. The molecule has 2 rings (SSSR count). The maximum atomic E-state index is 13.3. The van der Waals surface area contributed by atoms with Crippen LogP contribution in [0.2, 0.25) is 5.02 Å². The lowest BCUT2D eigenvalue weighted by molar-refractivity contribution is -0.140. The molecule has 0 heterocycles. The molecule has 2 aromatic rings. The topological polar surface area (TPSA) is 86.8 Å². The van der Waals surface area contributed by atoms with Gasteiger partial charge >= 0.3 is 0 Å². The predicted octanol–water partition coefficient (Wildman–Crippen LogP) is 4.38. The molecule has 0 spiro atoms. The van der Waals surface area contributed by atoms with Crippen molar-refractivity contribution in [3.05, 3.63) is 64.7 Å². The molecule has 7 nitrogen and oxygen atoms in total. The van der Waals surface area contributed by atoms with E-state index in [4.69, 9.17) is 11.6 Å². The van der Waals surface area contributed by atoms with Gasteiger partial charge in [-0.25, -0.2) is 8.42 Å². The zero-order valence-corrected chi connectivity index (χ0v) is 22.7. The number of carbonyl (C=O) groups excluding carboxylic acids is 2. The van der Waals surface area contributed by atoms with Crippen LogP contribution in [0.1, 0.15) is 44.7 Å². The Labute approximate surface area is 214 Å². The van der Waals surface area contributed by atoms with Gasteiger partial charge in [-0.1, -0.05) is 55.8 Å². The molecule has 35 heavy (non-hydrogen) atoms. The molecule has 2 aromatic carbocycles. The second kappa shape index (κ2) is 12.9. The molecule has 1 N–H and O–H groups in total. The van der Waals surface area contributed by atoms with Crippen LogP contribution in [0, 0.1) is 12.8 Å². The standard InChI is InChI=1S/C26H36ClN3O4S/c1-19(2)17-28-26(32)21(4)29(18-22-12-14-23(27)15-13-22)25(31)11-8-16-30(35(5,33)34)24-10-7-6-9-20(24)3/h6-7,9-10,12-15,19,21H,8,11,16-18H2,1-5H3,(H,28,32). The van der Waals surface area contributed by atoms with Crippen LogP contribution in [0.25, 0.3) is 0 Å². The first-order chi connectivity index (χ1) is 16.4. The summed E-state index contributed by atoms with van der Waals surface area (Å²) in [5, 5.41) is 3.48. The first-order valence-corrected chi connectivity index (χ1v) is 14.0. The fourth-order valence-electron chi connectivity index (χ4n) is 3.65. The van der Waals surface area contributed by atoms with E-state index in [1.54, 1.807) is 31.2 Å². The van der Waals surface area contributed by atoms with Gasteiger partial charge in [0.05, 0.1) is 11.9 Å². The molecule has 9 heteroatoms. The minimum atomic E-state index is -3.52. The molecule has 192 valence electrons. The monoisotopic (exact) mass is 521 g/mol. The van der Waals surface area contributed by atoms with Gasteiger partial charge in [-0.3, -0.25) is 13.9 Å². The van der Waals surface area contributed by atoms with Crippen LogP contribution >= 0.6 is 11.6 Å². The molecular formula is C26H36ClN3O4S. The Bertz CT molecular complexity index is 1100. The lowest BCUT2D eigenvalue weighted by Gasteiger charge is -2.30. The van der Waals surface area contributed by atoms with Gasteiger partial charge in [-0.2, -0.15) is 0 Å². The van der Waals surface area contributed by atoms with Crippen molar-refractivity contribution < 1.29 is 18.0 Å². The van der Waals surface area contributed by atoms with Crippen molar-refractivity contribution in [3.63, 3.8) is 0 Å². The van der Waals surface area contributed by atoms with Crippen molar-refractivity contribution in [2.75, 3.05) is 23.7 Å². The minimum absolute atomic E-state index is 0.104. The molecule has 0 fully saturated rings. The Balaban J connectivity index is 2.16. The summed E-state index contributed by atoms with van der Waals surface area (Å²) >= 11 is 5.99. The number of hydrogen-bond donors (Lipinski definition) is 1. The van der Waals surface area contributed by atoms with E-state index in [9.17, 15) is 18.0 Å². The number of nitrogens with one attached hydrogen (secondary N) is 1. The highest BCUT2D eigenvalue weighted by molar-refractivity contribution is 7.92. The van der Waals surface area contributed by atoms with E-state index in [0.717, 1.165) is 17.4 Å². The van der Waals surface area contributed by atoms with Crippen molar-refractivity contribution >= 4 is 39.1 Å². The molecule has 0 aliphatic heterocycles. The maximum absolute atomic E-state index is 13.3. The largest absolute Gasteiger partial charge is 0.354 e. The van der Waals surface area contributed by atoms with Crippen LogP contribution in [0.3, 0.4) is 0 Å². The molecule has 2 amide bonds. The Hall–Kier alpha value is -2.58. The van der Waals surface area contributed by atoms with Crippen molar-refractivity contribution in [3.8, 4) is 0 Å². The van der Waals surface area contributed by atoms with Crippen LogP contribution in [0.15, 0.2) is 48.5 Å². The second-order valence-electron chi connectivity index (χ2n) is 9.19. The number of carbonyl (C=O) groups is 2. The highest BCUT2D eigenvalue weighted by Crippen LogP contribution is 2.23. The third-order valence-electron chi connectivity index (χ3n) is 5.65. The Morgan fingerprint density at radius 3 is 2.23 bits per heavy atom. The van der Waals surface area contributed by atoms with Crippen LogP contribution < -0.4 is 9.62 Å². The number of rotatable bonds is 12. The first-order valence-electron chi connectivity index (χ1n) is 11.7. The minimum Gasteiger partial charge on any atom is -0.354 e. The normalized spacial score (nSPS) is 12.3. The van der Waals surface area contributed by atoms with E-state index in [-0.39, 0.29) is 37.2 Å². The van der Waals surface area contributed by atoms with Gasteiger partial charge in [-0.05, 0) is 55.5 Å². The van der Waals surface area contributed by atoms with E-state index < -0.39 is 16.1 Å².